The highest BCUT2D eigenvalue weighted by Crippen LogP contribution is 2.24. The molecule has 1 amide bonds. The van der Waals surface area contributed by atoms with Gasteiger partial charge in [-0.25, -0.2) is 9.67 Å². The second-order valence-electron chi connectivity index (χ2n) is 6.40. The quantitative estimate of drug-likeness (QED) is 0.872. The lowest BCUT2D eigenvalue weighted by atomic mass is 10.0. The normalized spacial score (nSPS) is 15.7. The van der Waals surface area contributed by atoms with Crippen molar-refractivity contribution >= 4 is 5.91 Å². The number of likely N-dealkylation sites (tertiary alicyclic amines) is 1. The number of amides is 1. The summed E-state index contributed by atoms with van der Waals surface area (Å²) >= 11 is 0. The molecule has 3 heterocycles. The summed E-state index contributed by atoms with van der Waals surface area (Å²) in [7, 11) is 0. The molecule has 0 bridgehead atoms. The van der Waals surface area contributed by atoms with Gasteiger partial charge in [-0.1, -0.05) is 32.8 Å². The Balaban J connectivity index is 1.96. The maximum Gasteiger partial charge on any atom is 0.257 e. The van der Waals surface area contributed by atoms with Crippen LogP contribution in [0, 0.1) is 0 Å². The van der Waals surface area contributed by atoms with Gasteiger partial charge in [-0.2, -0.15) is 5.10 Å². The lowest BCUT2D eigenvalue weighted by Crippen LogP contribution is -2.32. The van der Waals surface area contributed by atoms with Gasteiger partial charge >= 0.3 is 0 Å². The fraction of sp³-hybridized carbons (Fsp3) is 0.500. The summed E-state index contributed by atoms with van der Waals surface area (Å²) in [5.74, 6) is 1.06. The molecular weight excluding hydrogens is 288 g/mol. The Morgan fingerprint density at radius 1 is 1.13 bits per heavy atom. The predicted molar refractivity (Wildman–Crippen MR) is 89.8 cm³/mol. The summed E-state index contributed by atoms with van der Waals surface area (Å²) in [5.41, 5.74) is 1.66. The second-order valence-corrected chi connectivity index (χ2v) is 6.40. The van der Waals surface area contributed by atoms with Crippen LogP contribution in [0.25, 0.3) is 5.82 Å². The van der Waals surface area contributed by atoms with Gasteiger partial charge in [0.25, 0.3) is 5.91 Å². The van der Waals surface area contributed by atoms with Crippen molar-refractivity contribution in [3.05, 3.63) is 41.9 Å². The number of hydrogen-bond donors (Lipinski definition) is 0. The maximum atomic E-state index is 13.0. The van der Waals surface area contributed by atoms with E-state index in [9.17, 15) is 4.79 Å². The highest BCUT2D eigenvalue weighted by atomic mass is 16.2. The minimum Gasteiger partial charge on any atom is -0.339 e. The van der Waals surface area contributed by atoms with Gasteiger partial charge in [-0.3, -0.25) is 4.79 Å². The fourth-order valence-corrected chi connectivity index (χ4v) is 3.18. The van der Waals surface area contributed by atoms with E-state index in [1.807, 2.05) is 23.1 Å². The Bertz CT molecular complexity index is 655. The van der Waals surface area contributed by atoms with Crippen molar-refractivity contribution in [2.45, 2.75) is 45.4 Å². The average molecular weight is 312 g/mol. The molecule has 2 aromatic rings. The minimum absolute atomic E-state index is 0.109. The van der Waals surface area contributed by atoms with Crippen molar-refractivity contribution in [1.29, 1.82) is 0 Å². The smallest absolute Gasteiger partial charge is 0.257 e. The standard InChI is InChI=1S/C18H24N4O/c1-14(2)17-15(18(23)21-11-7-3-4-8-12-21)13-20-22(17)16-9-5-6-10-19-16/h5-6,9-10,13-14H,3-4,7-8,11-12H2,1-2H3. The zero-order valence-electron chi connectivity index (χ0n) is 13.9. The third kappa shape index (κ3) is 3.28. The molecule has 0 spiro atoms. The molecule has 122 valence electrons. The van der Waals surface area contributed by atoms with E-state index in [2.05, 4.69) is 23.9 Å². The second kappa shape index (κ2) is 6.94. The van der Waals surface area contributed by atoms with Crippen molar-refractivity contribution < 1.29 is 4.79 Å². The van der Waals surface area contributed by atoms with Crippen LogP contribution in [0.3, 0.4) is 0 Å². The minimum atomic E-state index is 0.109. The van der Waals surface area contributed by atoms with Crippen LogP contribution in [0.1, 0.15) is 61.5 Å². The molecule has 0 aromatic carbocycles. The Hall–Kier alpha value is -2.17. The van der Waals surface area contributed by atoms with E-state index in [4.69, 9.17) is 0 Å². The lowest BCUT2D eigenvalue weighted by molar-refractivity contribution is 0.0760. The molecule has 0 aliphatic carbocycles. The molecule has 0 saturated carbocycles. The summed E-state index contributed by atoms with van der Waals surface area (Å²) < 4.78 is 1.80. The first-order chi connectivity index (χ1) is 11.2. The van der Waals surface area contributed by atoms with Gasteiger partial charge in [0.1, 0.15) is 0 Å². The van der Waals surface area contributed by atoms with Crippen LogP contribution in [-0.2, 0) is 0 Å². The molecule has 1 aliphatic rings. The molecule has 5 heteroatoms. The molecule has 0 N–H and O–H groups in total. The molecule has 23 heavy (non-hydrogen) atoms. The van der Waals surface area contributed by atoms with E-state index >= 15 is 0 Å². The Morgan fingerprint density at radius 2 is 1.87 bits per heavy atom. The SMILES string of the molecule is CC(C)c1c(C(=O)N2CCCCCC2)cnn1-c1ccccn1. The number of nitrogens with zero attached hydrogens (tertiary/aromatic N) is 4. The van der Waals surface area contributed by atoms with Crippen molar-refractivity contribution in [1.82, 2.24) is 19.7 Å². The molecule has 2 aromatic heterocycles. The molecule has 3 rings (SSSR count). The van der Waals surface area contributed by atoms with Crippen molar-refractivity contribution in [3.63, 3.8) is 0 Å². The van der Waals surface area contributed by atoms with Crippen LogP contribution < -0.4 is 0 Å². The number of carbonyl (C=O) groups is 1. The molecule has 1 saturated heterocycles. The summed E-state index contributed by atoms with van der Waals surface area (Å²) in [6.45, 7) is 5.89. The molecule has 1 aliphatic heterocycles. The Labute approximate surface area is 137 Å². The van der Waals surface area contributed by atoms with Crippen LogP contribution in [0.4, 0.5) is 0 Å². The predicted octanol–water partition coefficient (Wildman–Crippen LogP) is 3.41. The van der Waals surface area contributed by atoms with E-state index in [-0.39, 0.29) is 11.8 Å². The zero-order chi connectivity index (χ0) is 16.2. The monoisotopic (exact) mass is 312 g/mol. The van der Waals surface area contributed by atoms with Gasteiger partial charge in [-0.15, -0.1) is 0 Å². The summed E-state index contributed by atoms with van der Waals surface area (Å²) in [6.07, 6.45) is 8.07. The molecule has 0 radical (unpaired) electrons. The Kier molecular flexibility index (Phi) is 4.74. The highest BCUT2D eigenvalue weighted by Gasteiger charge is 2.25. The first-order valence-corrected chi connectivity index (χ1v) is 8.47. The van der Waals surface area contributed by atoms with Crippen molar-refractivity contribution in [2.24, 2.45) is 0 Å². The van der Waals surface area contributed by atoms with Crippen LogP contribution >= 0.6 is 0 Å². The highest BCUT2D eigenvalue weighted by molar-refractivity contribution is 5.95. The van der Waals surface area contributed by atoms with Crippen molar-refractivity contribution in [2.75, 3.05) is 13.1 Å². The van der Waals surface area contributed by atoms with E-state index in [1.165, 1.54) is 12.8 Å². The Morgan fingerprint density at radius 3 is 2.48 bits per heavy atom. The fourth-order valence-electron chi connectivity index (χ4n) is 3.18. The van der Waals surface area contributed by atoms with Gasteiger partial charge in [0.2, 0.25) is 0 Å². The largest absolute Gasteiger partial charge is 0.339 e. The average Bonchev–Trinajstić information content (AvgIpc) is 2.83. The van der Waals surface area contributed by atoms with Gasteiger partial charge in [0.05, 0.1) is 17.5 Å². The first-order valence-electron chi connectivity index (χ1n) is 8.47. The summed E-state index contributed by atoms with van der Waals surface area (Å²) in [5, 5.41) is 4.45. The number of aromatic nitrogens is 3. The third-order valence-electron chi connectivity index (χ3n) is 4.34. The summed E-state index contributed by atoms with van der Waals surface area (Å²) in [4.78, 5) is 19.3. The number of rotatable bonds is 3. The van der Waals surface area contributed by atoms with Gasteiger partial charge < -0.3 is 4.90 Å². The maximum absolute atomic E-state index is 13.0. The van der Waals surface area contributed by atoms with E-state index in [0.29, 0.717) is 5.56 Å². The van der Waals surface area contributed by atoms with Crippen LogP contribution in [0.5, 0.6) is 0 Å². The van der Waals surface area contributed by atoms with Crippen LogP contribution in [0.15, 0.2) is 30.6 Å². The van der Waals surface area contributed by atoms with E-state index < -0.39 is 0 Å². The molecule has 0 unspecified atom stereocenters. The zero-order valence-corrected chi connectivity index (χ0v) is 13.9. The molecule has 0 atom stereocenters. The van der Waals surface area contributed by atoms with Gasteiger partial charge in [0, 0.05) is 19.3 Å². The topological polar surface area (TPSA) is 51.0 Å². The third-order valence-corrected chi connectivity index (χ3v) is 4.34. The van der Waals surface area contributed by atoms with E-state index in [1.54, 1.807) is 17.1 Å². The molecule has 1 fully saturated rings. The first kappa shape index (κ1) is 15.7. The lowest BCUT2D eigenvalue weighted by Gasteiger charge is -2.21. The van der Waals surface area contributed by atoms with Crippen LogP contribution in [-0.4, -0.2) is 38.7 Å². The molecule has 5 nitrogen and oxygen atoms in total. The van der Waals surface area contributed by atoms with Crippen molar-refractivity contribution in [3.8, 4) is 5.82 Å². The van der Waals surface area contributed by atoms with Gasteiger partial charge in [-0.05, 0) is 30.9 Å². The van der Waals surface area contributed by atoms with Gasteiger partial charge in [0.15, 0.2) is 5.82 Å². The summed E-state index contributed by atoms with van der Waals surface area (Å²) in [6, 6.07) is 5.73. The van der Waals surface area contributed by atoms with Crippen LogP contribution in [0.2, 0.25) is 0 Å². The number of pyridine rings is 1. The number of carbonyl (C=O) groups excluding carboxylic acids is 1. The van der Waals surface area contributed by atoms with E-state index in [0.717, 1.165) is 37.4 Å². The molecular formula is C18H24N4O. The number of hydrogen-bond acceptors (Lipinski definition) is 3.